The van der Waals surface area contributed by atoms with Crippen molar-refractivity contribution in [2.45, 2.75) is 29.4 Å². The van der Waals surface area contributed by atoms with Gasteiger partial charge in [-0.1, -0.05) is 36.4 Å². The predicted octanol–water partition coefficient (Wildman–Crippen LogP) is 4.18. The lowest BCUT2D eigenvalue weighted by molar-refractivity contribution is -0.274. The highest BCUT2D eigenvalue weighted by atomic mass is 32.2. The first-order valence-corrected chi connectivity index (χ1v) is 12.5. The number of rotatable bonds is 5. The SMILES string of the molecule is N=S(=O)(NC1CNCC(n2c3ccccc3c3ccccc32)C1O)c1ccc(OC(F)(F)F)cc1. The third kappa shape index (κ3) is 4.59. The van der Waals surface area contributed by atoms with Crippen LogP contribution >= 0.6 is 0 Å². The number of hydrogen-bond acceptors (Lipinski definition) is 5. The minimum atomic E-state index is -4.85. The minimum absolute atomic E-state index is 0.0155. The van der Waals surface area contributed by atoms with E-state index < -0.39 is 40.2 Å². The second-order valence-corrected chi connectivity index (χ2v) is 10.2. The van der Waals surface area contributed by atoms with Crippen LogP contribution < -0.4 is 14.8 Å². The highest BCUT2D eigenvalue weighted by Gasteiger charge is 2.36. The van der Waals surface area contributed by atoms with E-state index >= 15 is 0 Å². The Bertz CT molecular complexity index is 1420. The van der Waals surface area contributed by atoms with Gasteiger partial charge in [0.05, 0.1) is 23.1 Å². The van der Waals surface area contributed by atoms with Crippen LogP contribution in [0.3, 0.4) is 0 Å². The molecule has 11 heteroatoms. The molecule has 0 bridgehead atoms. The van der Waals surface area contributed by atoms with Crippen molar-refractivity contribution in [3.8, 4) is 5.75 Å². The normalized spacial score (nSPS) is 22.8. The average Bonchev–Trinajstić information content (AvgIpc) is 3.14. The molecule has 1 aliphatic rings. The lowest BCUT2D eigenvalue weighted by atomic mass is 9.99. The zero-order valence-corrected chi connectivity index (χ0v) is 19.1. The summed E-state index contributed by atoms with van der Waals surface area (Å²) in [4.78, 5) is -0.0155. The molecular weight excluding hydrogens is 481 g/mol. The number of aromatic nitrogens is 1. The van der Waals surface area contributed by atoms with Crippen molar-refractivity contribution >= 4 is 31.7 Å². The summed E-state index contributed by atoms with van der Waals surface area (Å²) in [5.74, 6) is -0.470. The smallest absolute Gasteiger partial charge is 0.406 e. The number of piperidine rings is 1. The second kappa shape index (κ2) is 8.83. The van der Waals surface area contributed by atoms with E-state index in [9.17, 15) is 22.5 Å². The summed E-state index contributed by atoms with van der Waals surface area (Å²) in [7, 11) is -3.63. The van der Waals surface area contributed by atoms with E-state index in [1.54, 1.807) is 0 Å². The van der Waals surface area contributed by atoms with Crippen LogP contribution in [0.15, 0.2) is 77.7 Å². The third-order valence-electron chi connectivity index (χ3n) is 6.18. The molecule has 0 amide bonds. The largest absolute Gasteiger partial charge is 0.573 e. The van der Waals surface area contributed by atoms with Gasteiger partial charge in [0.15, 0.2) is 0 Å². The molecular formula is C24H23F3N4O3S. The zero-order chi connectivity index (χ0) is 24.8. The van der Waals surface area contributed by atoms with Gasteiger partial charge in [0, 0.05) is 34.9 Å². The fourth-order valence-electron chi connectivity index (χ4n) is 4.68. The summed E-state index contributed by atoms with van der Waals surface area (Å²) >= 11 is 0. The van der Waals surface area contributed by atoms with E-state index in [1.807, 2.05) is 48.5 Å². The maximum atomic E-state index is 13.2. The first-order valence-electron chi connectivity index (χ1n) is 10.9. The molecule has 1 saturated heterocycles. The maximum Gasteiger partial charge on any atom is 0.573 e. The summed E-state index contributed by atoms with van der Waals surface area (Å²) in [6.45, 7) is 0.727. The number of alkyl halides is 3. The number of para-hydroxylation sites is 2. The molecule has 0 aliphatic carbocycles. The van der Waals surface area contributed by atoms with Gasteiger partial charge in [-0.05, 0) is 36.4 Å². The Hall–Kier alpha value is -3.12. The molecule has 2 heterocycles. The summed E-state index contributed by atoms with van der Waals surface area (Å²) in [6, 6.07) is 18.9. The summed E-state index contributed by atoms with van der Waals surface area (Å²) < 4.78 is 67.4. The molecule has 3 aromatic carbocycles. The molecule has 1 fully saturated rings. The van der Waals surface area contributed by atoms with Crippen LogP contribution in [0.25, 0.3) is 21.8 Å². The van der Waals surface area contributed by atoms with E-state index in [0.717, 1.165) is 46.1 Å². The van der Waals surface area contributed by atoms with E-state index in [1.165, 1.54) is 0 Å². The highest BCUT2D eigenvalue weighted by molar-refractivity contribution is 7.90. The quantitative estimate of drug-likeness (QED) is 0.328. The predicted molar refractivity (Wildman–Crippen MR) is 127 cm³/mol. The second-order valence-electron chi connectivity index (χ2n) is 8.42. The van der Waals surface area contributed by atoms with Gasteiger partial charge in [-0.2, -0.15) is 0 Å². The van der Waals surface area contributed by atoms with Crippen molar-refractivity contribution in [3.63, 3.8) is 0 Å². The molecule has 0 saturated carbocycles. The number of fused-ring (bicyclic) bond motifs is 3. The Morgan fingerprint density at radius 3 is 2.11 bits per heavy atom. The van der Waals surface area contributed by atoms with Crippen LogP contribution in [-0.4, -0.2) is 45.5 Å². The molecule has 1 aliphatic heterocycles. The molecule has 5 rings (SSSR count). The maximum absolute atomic E-state index is 13.2. The number of hydrogen-bond donors (Lipinski definition) is 4. The summed E-state index contributed by atoms with van der Waals surface area (Å²) in [6.07, 6.45) is -5.84. The Kier molecular flexibility index (Phi) is 5.96. The topological polar surface area (TPSA) is 99.4 Å². The Balaban J connectivity index is 1.42. The zero-order valence-electron chi connectivity index (χ0n) is 18.3. The minimum Gasteiger partial charge on any atom is -0.406 e. The summed E-state index contributed by atoms with van der Waals surface area (Å²) in [5.41, 5.74) is 1.90. The molecule has 1 aromatic heterocycles. The van der Waals surface area contributed by atoms with Crippen LogP contribution in [0.5, 0.6) is 5.75 Å². The van der Waals surface area contributed by atoms with Crippen LogP contribution in [0.2, 0.25) is 0 Å². The van der Waals surface area contributed by atoms with Gasteiger partial charge >= 0.3 is 6.36 Å². The number of nitrogens with zero attached hydrogens (tertiary/aromatic N) is 1. The van der Waals surface area contributed by atoms with Crippen molar-refractivity contribution in [2.24, 2.45) is 0 Å². The van der Waals surface area contributed by atoms with Crippen molar-refractivity contribution in [1.82, 2.24) is 14.6 Å². The van der Waals surface area contributed by atoms with Gasteiger partial charge in [-0.15, -0.1) is 13.2 Å². The Morgan fingerprint density at radius 2 is 1.54 bits per heavy atom. The number of aliphatic hydroxyl groups is 1. The van der Waals surface area contributed by atoms with E-state index in [-0.39, 0.29) is 11.4 Å². The van der Waals surface area contributed by atoms with Crippen molar-refractivity contribution in [1.29, 1.82) is 4.78 Å². The lowest BCUT2D eigenvalue weighted by Gasteiger charge is -2.37. The molecule has 4 unspecified atom stereocenters. The monoisotopic (exact) mass is 504 g/mol. The molecule has 35 heavy (non-hydrogen) atoms. The molecule has 7 nitrogen and oxygen atoms in total. The summed E-state index contributed by atoms with van der Waals surface area (Å²) in [5, 5.41) is 16.7. The Labute approximate surface area is 199 Å². The van der Waals surface area contributed by atoms with Crippen molar-refractivity contribution < 1.29 is 27.2 Å². The van der Waals surface area contributed by atoms with Crippen LogP contribution in [0, 0.1) is 4.78 Å². The van der Waals surface area contributed by atoms with Gasteiger partial charge in [0.1, 0.15) is 15.7 Å². The Morgan fingerprint density at radius 1 is 0.971 bits per heavy atom. The van der Waals surface area contributed by atoms with Crippen LogP contribution in [-0.2, 0) is 9.92 Å². The number of nitrogens with one attached hydrogen (secondary N) is 3. The first-order chi connectivity index (χ1) is 16.6. The third-order valence-corrected chi connectivity index (χ3v) is 7.75. The molecule has 4 aromatic rings. The van der Waals surface area contributed by atoms with Crippen LogP contribution in [0.1, 0.15) is 6.04 Å². The van der Waals surface area contributed by atoms with Crippen molar-refractivity contribution in [3.05, 3.63) is 72.8 Å². The molecule has 4 atom stereocenters. The molecule has 0 spiro atoms. The number of benzene rings is 3. The number of aliphatic hydroxyl groups excluding tert-OH is 1. The lowest BCUT2D eigenvalue weighted by Crippen LogP contribution is -2.57. The van der Waals surface area contributed by atoms with Gasteiger partial charge in [0.25, 0.3) is 0 Å². The van der Waals surface area contributed by atoms with Crippen molar-refractivity contribution in [2.75, 3.05) is 13.1 Å². The van der Waals surface area contributed by atoms with Gasteiger partial charge in [0.2, 0.25) is 0 Å². The fourth-order valence-corrected chi connectivity index (χ4v) is 5.98. The molecule has 0 radical (unpaired) electrons. The average molecular weight is 505 g/mol. The highest BCUT2D eigenvalue weighted by Crippen LogP contribution is 2.34. The molecule has 4 N–H and O–H groups in total. The van der Waals surface area contributed by atoms with Crippen LogP contribution in [0.4, 0.5) is 13.2 Å². The standard InChI is InChI=1S/C24H23F3N4O3S/c25-24(26,27)34-15-9-11-16(12-10-15)35(28,33)30-19-13-29-14-22(23(19)32)31-20-7-3-1-5-17(20)18-6-2-4-8-21(18)31/h1-12,19,22-23,29,32H,13-14H2,(H2,28,30,33). The molecule has 184 valence electrons. The van der Waals surface area contributed by atoms with E-state index in [0.29, 0.717) is 6.54 Å². The fraction of sp³-hybridized carbons (Fsp3) is 0.250. The first kappa shape index (κ1) is 23.6. The van der Waals surface area contributed by atoms with E-state index in [2.05, 4.69) is 19.3 Å². The number of ether oxygens (including phenoxy) is 1. The van der Waals surface area contributed by atoms with Gasteiger partial charge < -0.3 is 19.7 Å². The van der Waals surface area contributed by atoms with Gasteiger partial charge in [-0.3, -0.25) is 0 Å². The number of halogens is 3. The van der Waals surface area contributed by atoms with E-state index in [4.69, 9.17) is 4.78 Å². The van der Waals surface area contributed by atoms with Gasteiger partial charge in [-0.25, -0.2) is 13.7 Å².